The van der Waals surface area contributed by atoms with Crippen molar-refractivity contribution in [2.45, 2.75) is 62.0 Å². The molecule has 0 aromatic heterocycles. The minimum atomic E-state index is -1.68. The third-order valence-electron chi connectivity index (χ3n) is 3.92. The van der Waals surface area contributed by atoms with Gasteiger partial charge in [-0.05, 0) is 18.1 Å². The first-order valence-corrected chi connectivity index (χ1v) is 9.70. The second-order valence-electron chi connectivity index (χ2n) is 6.24. The van der Waals surface area contributed by atoms with Crippen molar-refractivity contribution in [3.05, 3.63) is 12.2 Å². The van der Waals surface area contributed by atoms with Crippen molar-refractivity contribution in [2.24, 2.45) is 0 Å². The van der Waals surface area contributed by atoms with E-state index in [1.165, 1.54) is 0 Å². The molecule has 0 spiro atoms. The van der Waals surface area contributed by atoms with Crippen molar-refractivity contribution in [1.82, 2.24) is 0 Å². The summed E-state index contributed by atoms with van der Waals surface area (Å²) in [6.07, 6.45) is 5.14. The molecular weight excluding hydrogens is 284 g/mol. The van der Waals surface area contributed by atoms with Crippen molar-refractivity contribution in [1.29, 1.82) is 0 Å². The summed E-state index contributed by atoms with van der Waals surface area (Å²) in [6.45, 7) is 11.4. The molecule has 0 radical (unpaired) electrons. The Morgan fingerprint density at radius 1 is 1.25 bits per heavy atom. The van der Waals surface area contributed by atoms with Crippen LogP contribution in [0.1, 0.15) is 20.8 Å². The fraction of sp³-hybridized carbons (Fsp3) is 0.833. The highest BCUT2D eigenvalue weighted by Gasteiger charge is 2.50. The fourth-order valence-electron chi connectivity index (χ4n) is 1.68. The van der Waals surface area contributed by atoms with Crippen LogP contribution in [0, 0.1) is 0 Å². The van der Waals surface area contributed by atoms with Gasteiger partial charge < -0.3 is 9.16 Å². The van der Waals surface area contributed by atoms with Gasteiger partial charge in [0.1, 0.15) is 12.2 Å². The Balaban J connectivity index is 2.04. The lowest BCUT2D eigenvalue weighted by molar-refractivity contribution is 0.209. The Morgan fingerprint density at radius 2 is 1.88 bits per heavy atom. The predicted octanol–water partition coefficient (Wildman–Crippen LogP) is 3.48. The van der Waals surface area contributed by atoms with Gasteiger partial charge in [0.15, 0.2) is 8.32 Å². The van der Waals surface area contributed by atoms with Gasteiger partial charge in [-0.25, -0.2) is 0 Å². The summed E-state index contributed by atoms with van der Waals surface area (Å²) < 4.78 is 11.9. The molecule has 1 aliphatic carbocycles. The summed E-state index contributed by atoms with van der Waals surface area (Å²) >= 11 is 3.70. The first kappa shape index (κ1) is 12.8. The quantitative estimate of drug-likeness (QED) is 0.337. The summed E-state index contributed by atoms with van der Waals surface area (Å²) in [4.78, 5) is 0.316. The summed E-state index contributed by atoms with van der Waals surface area (Å²) in [5.41, 5.74) is 0. The molecule has 16 heavy (non-hydrogen) atoms. The number of halogens is 1. The molecule has 2 aliphatic rings. The van der Waals surface area contributed by atoms with E-state index in [0.29, 0.717) is 17.0 Å². The van der Waals surface area contributed by atoms with Crippen LogP contribution in [0.3, 0.4) is 0 Å². The second-order valence-corrected chi connectivity index (χ2v) is 12.1. The fourth-order valence-corrected chi connectivity index (χ4v) is 3.85. The van der Waals surface area contributed by atoms with Gasteiger partial charge >= 0.3 is 0 Å². The first-order valence-electron chi connectivity index (χ1n) is 5.88. The maximum Gasteiger partial charge on any atom is 0.192 e. The Kier molecular flexibility index (Phi) is 3.15. The van der Waals surface area contributed by atoms with E-state index < -0.39 is 8.32 Å². The maximum atomic E-state index is 6.38. The van der Waals surface area contributed by atoms with Crippen LogP contribution in [0.25, 0.3) is 0 Å². The van der Waals surface area contributed by atoms with Crippen LogP contribution >= 0.6 is 15.9 Å². The predicted molar refractivity (Wildman–Crippen MR) is 72.6 cm³/mol. The summed E-state index contributed by atoms with van der Waals surface area (Å²) in [7, 11) is -1.68. The molecule has 1 saturated heterocycles. The molecule has 1 fully saturated rings. The van der Waals surface area contributed by atoms with Crippen molar-refractivity contribution in [3.63, 3.8) is 0 Å². The van der Waals surface area contributed by atoms with Gasteiger partial charge in [-0.2, -0.15) is 0 Å². The van der Waals surface area contributed by atoms with Gasteiger partial charge in [0.25, 0.3) is 0 Å². The van der Waals surface area contributed by atoms with Crippen molar-refractivity contribution in [3.8, 4) is 0 Å². The third-order valence-corrected chi connectivity index (χ3v) is 9.43. The molecule has 0 bridgehead atoms. The van der Waals surface area contributed by atoms with E-state index >= 15 is 0 Å². The van der Waals surface area contributed by atoms with E-state index in [0.717, 1.165) is 0 Å². The van der Waals surface area contributed by atoms with Crippen molar-refractivity contribution >= 4 is 24.2 Å². The molecule has 4 atom stereocenters. The monoisotopic (exact) mass is 304 g/mol. The number of rotatable bonds is 2. The Hall–Kier alpha value is 0.357. The minimum absolute atomic E-state index is 0.171. The molecule has 2 rings (SSSR count). The number of alkyl halides is 1. The van der Waals surface area contributed by atoms with E-state index in [4.69, 9.17) is 9.16 Å². The largest absolute Gasteiger partial charge is 0.409 e. The molecule has 0 aromatic carbocycles. The molecule has 0 unspecified atom stereocenters. The van der Waals surface area contributed by atoms with E-state index in [2.05, 4.69) is 61.9 Å². The molecule has 1 aliphatic heterocycles. The topological polar surface area (TPSA) is 21.8 Å². The van der Waals surface area contributed by atoms with Gasteiger partial charge in [-0.1, -0.05) is 48.9 Å². The van der Waals surface area contributed by atoms with Gasteiger partial charge in [-0.15, -0.1) is 0 Å². The van der Waals surface area contributed by atoms with Crippen molar-refractivity contribution < 1.29 is 9.16 Å². The smallest absolute Gasteiger partial charge is 0.192 e. The summed E-state index contributed by atoms with van der Waals surface area (Å²) in [6, 6.07) is 0. The number of fused-ring (bicyclic) bond motifs is 1. The van der Waals surface area contributed by atoms with Gasteiger partial charge in [0, 0.05) is 0 Å². The third kappa shape index (κ3) is 2.30. The van der Waals surface area contributed by atoms with E-state index in [-0.39, 0.29) is 11.1 Å². The van der Waals surface area contributed by atoms with E-state index in [9.17, 15) is 0 Å². The first-order chi connectivity index (χ1) is 7.22. The average molecular weight is 305 g/mol. The van der Waals surface area contributed by atoms with Crippen LogP contribution in [0.4, 0.5) is 0 Å². The average Bonchev–Trinajstić information content (AvgIpc) is 2.87. The lowest BCUT2D eigenvalue weighted by atomic mass is 10.1. The van der Waals surface area contributed by atoms with Crippen LogP contribution in [-0.4, -0.2) is 31.5 Å². The molecular formula is C12H21BrO2Si. The highest BCUT2D eigenvalue weighted by molar-refractivity contribution is 9.09. The zero-order chi connectivity index (χ0) is 12.1. The maximum absolute atomic E-state index is 6.38. The summed E-state index contributed by atoms with van der Waals surface area (Å²) in [5, 5.41) is 0.259. The number of hydrogen-bond acceptors (Lipinski definition) is 2. The highest BCUT2D eigenvalue weighted by atomic mass is 79.9. The molecule has 4 heteroatoms. The highest BCUT2D eigenvalue weighted by Crippen LogP contribution is 2.42. The normalized spacial score (nSPS) is 38.4. The SMILES string of the molecule is CC(C)(C)[Si](C)(C)O[C@H]1C=C[C@@H]2O[C@@H]2[C@H]1Br. The van der Waals surface area contributed by atoms with Gasteiger partial charge in [0.05, 0.1) is 10.9 Å². The molecule has 0 N–H and O–H groups in total. The molecule has 2 nitrogen and oxygen atoms in total. The van der Waals surface area contributed by atoms with Crippen LogP contribution in [0.15, 0.2) is 12.2 Å². The van der Waals surface area contributed by atoms with Crippen LogP contribution in [0.5, 0.6) is 0 Å². The Bertz CT molecular complexity index is 309. The number of epoxide rings is 1. The zero-order valence-corrected chi connectivity index (χ0v) is 13.2. The van der Waals surface area contributed by atoms with Crippen LogP contribution in [0.2, 0.25) is 18.1 Å². The van der Waals surface area contributed by atoms with Gasteiger partial charge in [0.2, 0.25) is 0 Å². The Labute approximate surface area is 108 Å². The molecule has 0 saturated carbocycles. The van der Waals surface area contributed by atoms with Crippen LogP contribution < -0.4 is 0 Å². The molecule has 92 valence electrons. The molecule has 0 aromatic rings. The van der Waals surface area contributed by atoms with E-state index in [1.807, 2.05) is 0 Å². The number of hydrogen-bond donors (Lipinski definition) is 0. The van der Waals surface area contributed by atoms with Gasteiger partial charge in [-0.3, -0.25) is 0 Å². The van der Waals surface area contributed by atoms with Crippen molar-refractivity contribution in [2.75, 3.05) is 0 Å². The molecule has 0 amide bonds. The zero-order valence-electron chi connectivity index (χ0n) is 10.7. The van der Waals surface area contributed by atoms with Crippen LogP contribution in [-0.2, 0) is 9.16 Å². The van der Waals surface area contributed by atoms with E-state index in [1.54, 1.807) is 0 Å². The second kappa shape index (κ2) is 3.94. The lowest BCUT2D eigenvalue weighted by Gasteiger charge is -2.40. The Morgan fingerprint density at radius 3 is 2.44 bits per heavy atom. The molecule has 1 heterocycles. The minimum Gasteiger partial charge on any atom is -0.409 e. The summed E-state index contributed by atoms with van der Waals surface area (Å²) in [5.74, 6) is 0. The lowest BCUT2D eigenvalue weighted by Crippen LogP contribution is -2.47. The standard InChI is InChI=1S/C12H21BrO2Si/c1-12(2,3)16(4,5)15-8-6-7-9-11(14-9)10(8)13/h6-11H,1-5H3/t8-,9-,10-,11-/m0/s1. The number of ether oxygens (including phenoxy) is 1.